The summed E-state index contributed by atoms with van der Waals surface area (Å²) in [4.78, 5) is 53.4. The number of benzene rings is 2. The Hall–Kier alpha value is -3.26. The molecule has 0 N–H and O–H groups in total. The molecule has 2 aromatic carbocycles. The van der Waals surface area contributed by atoms with Crippen molar-refractivity contribution in [3.8, 4) is 0 Å². The maximum absolute atomic E-state index is 12.3. The number of hydrogen-bond acceptors (Lipinski definition) is 10. The fourth-order valence-electron chi connectivity index (χ4n) is 4.61. The van der Waals surface area contributed by atoms with Crippen LogP contribution in [0.3, 0.4) is 0 Å². The van der Waals surface area contributed by atoms with Crippen LogP contribution >= 0.6 is 0 Å². The Labute approximate surface area is 256 Å². The van der Waals surface area contributed by atoms with Crippen LogP contribution in [-0.2, 0) is 42.9 Å². The van der Waals surface area contributed by atoms with Crippen LogP contribution in [0.1, 0.15) is 50.8 Å². The number of esters is 4. The van der Waals surface area contributed by atoms with Gasteiger partial charge in [0, 0.05) is 0 Å². The molecule has 5 atom stereocenters. The number of hydrogen-bond donors (Lipinski definition) is 0. The number of ether oxygens (including phenoxy) is 5. The summed E-state index contributed by atoms with van der Waals surface area (Å²) in [6.45, 7) is 10.6. The van der Waals surface area contributed by atoms with Crippen LogP contribution in [0.4, 0.5) is 5.69 Å². The Morgan fingerprint density at radius 1 is 0.738 bits per heavy atom. The Kier molecular flexibility index (Phi) is 12.1. The Morgan fingerprint density at radius 3 is 1.79 bits per heavy atom. The Bertz CT molecular complexity index is 1300. The van der Waals surface area contributed by atoms with E-state index in [0.29, 0.717) is 0 Å². The van der Waals surface area contributed by atoms with Crippen molar-refractivity contribution in [1.29, 1.82) is 0 Å². The number of carbonyl (C=O) groups is 4. The molecule has 10 nitrogen and oxygen atoms in total. The monoisotopic (exact) mass is 697 g/mol. The van der Waals surface area contributed by atoms with Crippen molar-refractivity contribution in [3.63, 3.8) is 0 Å². The summed E-state index contributed by atoms with van der Waals surface area (Å²) in [6, 6.07) is 14.2. The predicted octanol–water partition coefficient (Wildman–Crippen LogP) is 3.19. The van der Waals surface area contributed by atoms with Gasteiger partial charge in [-0.3, -0.25) is 0 Å². The van der Waals surface area contributed by atoms with Gasteiger partial charge in [-0.25, -0.2) is 0 Å². The Balaban J connectivity index is 2.11. The van der Waals surface area contributed by atoms with Gasteiger partial charge in [0.2, 0.25) is 0 Å². The van der Waals surface area contributed by atoms with E-state index in [1.165, 1.54) is 27.7 Å². The molecule has 0 radical (unpaired) electrons. The number of nitrogens with zero attached hydrogens (tertiary/aromatic N) is 1. The van der Waals surface area contributed by atoms with E-state index < -0.39 is 75.3 Å². The molecular weight excluding hydrogens is 658 g/mol. The second-order valence-corrected chi connectivity index (χ2v) is 13.4. The molecule has 226 valence electrons. The van der Waals surface area contributed by atoms with Gasteiger partial charge in [-0.2, -0.15) is 0 Å². The van der Waals surface area contributed by atoms with Gasteiger partial charge in [-0.15, -0.1) is 0 Å². The second kappa shape index (κ2) is 15.3. The van der Waals surface area contributed by atoms with Gasteiger partial charge in [0.1, 0.15) is 0 Å². The zero-order valence-corrected chi connectivity index (χ0v) is 27.2. The summed E-state index contributed by atoms with van der Waals surface area (Å²) in [5, 5.41) is 0. The number of rotatable bonds is 10. The first kappa shape index (κ1) is 33.2. The summed E-state index contributed by atoms with van der Waals surface area (Å²) >= 11 is -1.04. The van der Waals surface area contributed by atoms with Crippen molar-refractivity contribution in [2.24, 2.45) is 4.99 Å². The number of aryl methyl sites for hydroxylation is 3. The van der Waals surface area contributed by atoms with Crippen LogP contribution in [0.15, 0.2) is 47.5 Å². The quantitative estimate of drug-likeness (QED) is 0.160. The number of carbonyl (C=O) groups excluding carboxylic acids is 4. The summed E-state index contributed by atoms with van der Waals surface area (Å²) in [6.07, 6.45) is -5.17. The molecule has 2 aromatic rings. The van der Waals surface area contributed by atoms with Crippen molar-refractivity contribution < 1.29 is 42.9 Å². The fraction of sp³-hybridized carbons (Fsp3) is 0.452. The molecular formula is C31H37NO9Te. The molecule has 0 amide bonds. The SMILES string of the molecule is CC(=O)OC[C@H]1O[C@H](CC(=Nc2c(C)cccc2C)[Te]c2ccc(C)cc2)[C@H](OC(C)=O)[C@@H](OC(C)=O)[C@H]1OC(C)=O. The van der Waals surface area contributed by atoms with Gasteiger partial charge >= 0.3 is 257 Å². The molecule has 42 heavy (non-hydrogen) atoms. The van der Waals surface area contributed by atoms with E-state index >= 15 is 0 Å². The molecule has 1 aliphatic rings. The van der Waals surface area contributed by atoms with E-state index in [1.54, 1.807) is 0 Å². The summed E-state index contributed by atoms with van der Waals surface area (Å²) < 4.78 is 30.4. The number of aliphatic imine (C=N–C) groups is 1. The van der Waals surface area contributed by atoms with Crippen molar-refractivity contribution in [3.05, 3.63) is 59.2 Å². The third-order valence-corrected chi connectivity index (χ3v) is 9.25. The normalized spacial score (nSPS) is 22.2. The molecule has 0 unspecified atom stereocenters. The van der Waals surface area contributed by atoms with Crippen LogP contribution in [0.2, 0.25) is 0 Å². The maximum atomic E-state index is 12.3. The first-order valence-electron chi connectivity index (χ1n) is 13.5. The predicted molar refractivity (Wildman–Crippen MR) is 156 cm³/mol. The van der Waals surface area contributed by atoms with Crippen molar-refractivity contribution in [1.82, 2.24) is 0 Å². The van der Waals surface area contributed by atoms with Crippen LogP contribution < -0.4 is 3.61 Å². The van der Waals surface area contributed by atoms with Gasteiger partial charge in [0.05, 0.1) is 0 Å². The molecule has 0 spiro atoms. The molecule has 1 saturated heterocycles. The average molecular weight is 695 g/mol. The van der Waals surface area contributed by atoms with Crippen molar-refractivity contribution >= 4 is 57.9 Å². The van der Waals surface area contributed by atoms with Crippen LogP contribution in [0.25, 0.3) is 0 Å². The van der Waals surface area contributed by atoms with E-state index in [0.717, 1.165) is 29.7 Å². The summed E-state index contributed by atoms with van der Waals surface area (Å²) in [5.74, 6) is -2.53. The van der Waals surface area contributed by atoms with Gasteiger partial charge in [-0.1, -0.05) is 0 Å². The van der Waals surface area contributed by atoms with Gasteiger partial charge in [-0.05, 0) is 0 Å². The Morgan fingerprint density at radius 2 is 1.26 bits per heavy atom. The molecule has 0 saturated carbocycles. The molecule has 0 bridgehead atoms. The minimum absolute atomic E-state index is 0.225. The van der Waals surface area contributed by atoms with E-state index in [9.17, 15) is 19.2 Å². The molecule has 1 aliphatic heterocycles. The molecule has 0 aromatic heterocycles. The first-order chi connectivity index (χ1) is 19.8. The molecule has 0 aliphatic carbocycles. The van der Waals surface area contributed by atoms with Crippen molar-refractivity contribution in [2.75, 3.05) is 6.61 Å². The van der Waals surface area contributed by atoms with Gasteiger partial charge in [0.15, 0.2) is 0 Å². The molecule has 3 rings (SSSR count). The van der Waals surface area contributed by atoms with Gasteiger partial charge in [0.25, 0.3) is 0 Å². The first-order valence-corrected chi connectivity index (χ1v) is 15.9. The van der Waals surface area contributed by atoms with E-state index in [2.05, 4.69) is 12.1 Å². The average Bonchev–Trinajstić information content (AvgIpc) is 2.89. The topological polar surface area (TPSA) is 127 Å². The molecule has 11 heteroatoms. The minimum atomic E-state index is -1.21. The van der Waals surface area contributed by atoms with Crippen LogP contribution in [0.5, 0.6) is 0 Å². The zero-order chi connectivity index (χ0) is 31.0. The van der Waals surface area contributed by atoms with Crippen LogP contribution in [0, 0.1) is 20.8 Å². The summed E-state index contributed by atoms with van der Waals surface area (Å²) in [7, 11) is 0. The van der Waals surface area contributed by atoms with Crippen LogP contribution in [-0.4, -0.2) is 85.7 Å². The molecule has 1 fully saturated rings. The molecule has 1 heterocycles. The standard InChI is InChI=1S/C31H37NO9Te/c1-17-11-13-24(14-12-17)42-27(32-28-18(2)9-8-10-19(28)3)15-25-29(38-21(5)34)31(40-23(7)36)30(39-22(6)35)26(41-25)16-37-20(4)33/h8-14,25-26,29-31H,15-16H2,1-7H3/t25-,26-,29+,30+,31-/m1/s1. The van der Waals surface area contributed by atoms with Gasteiger partial charge < -0.3 is 0 Å². The zero-order valence-electron chi connectivity index (χ0n) is 24.9. The summed E-state index contributed by atoms with van der Waals surface area (Å²) in [5.41, 5.74) is 3.99. The van der Waals surface area contributed by atoms with Crippen molar-refractivity contribution in [2.45, 2.75) is 85.4 Å². The van der Waals surface area contributed by atoms with E-state index in [-0.39, 0.29) is 13.0 Å². The van der Waals surface area contributed by atoms with E-state index in [1.807, 2.05) is 51.1 Å². The second-order valence-electron chi connectivity index (χ2n) is 10.1. The third kappa shape index (κ3) is 9.65. The fourth-order valence-corrected chi connectivity index (χ4v) is 7.26. The van der Waals surface area contributed by atoms with E-state index in [4.69, 9.17) is 28.7 Å². The number of para-hydroxylation sites is 1. The third-order valence-electron chi connectivity index (χ3n) is 6.40.